The summed E-state index contributed by atoms with van der Waals surface area (Å²) in [6.45, 7) is 3.97. The Labute approximate surface area is 50.4 Å². The smallest absolute Gasteiger partial charge is 0.0899 e. The number of rotatable bonds is 4. The standard InChI is InChI=1S/C6H14O2/c1-3-4-5-6(2)8-7/h6-7H,3-5H2,1-2H3. The Balaban J connectivity index is 2.86. The summed E-state index contributed by atoms with van der Waals surface area (Å²) >= 11 is 0. The highest BCUT2D eigenvalue weighted by atomic mass is 17.1. The van der Waals surface area contributed by atoms with E-state index in [1.54, 1.807) is 0 Å². The Hall–Kier alpha value is -0.0800. The molecule has 1 N–H and O–H groups in total. The largest absolute Gasteiger partial charge is 0.252 e. The molecule has 0 amide bonds. The fourth-order valence-electron chi connectivity index (χ4n) is 0.544. The first-order valence-corrected chi connectivity index (χ1v) is 3.11. The minimum Gasteiger partial charge on any atom is -0.252 e. The first kappa shape index (κ1) is 7.92. The van der Waals surface area contributed by atoms with E-state index in [-0.39, 0.29) is 6.10 Å². The summed E-state index contributed by atoms with van der Waals surface area (Å²) in [7, 11) is 0. The second-order valence-electron chi connectivity index (χ2n) is 2.06. The van der Waals surface area contributed by atoms with E-state index in [0.29, 0.717) is 0 Å². The quantitative estimate of drug-likeness (QED) is 0.452. The lowest BCUT2D eigenvalue weighted by Gasteiger charge is -2.03. The lowest BCUT2D eigenvalue weighted by atomic mass is 10.2. The molecule has 0 aromatic rings. The SMILES string of the molecule is CCCCC(C)OO. The zero-order valence-corrected chi connectivity index (χ0v) is 5.55. The summed E-state index contributed by atoms with van der Waals surface area (Å²) in [6.07, 6.45) is 3.25. The number of unbranched alkanes of at least 4 members (excludes halogenated alkanes) is 1. The van der Waals surface area contributed by atoms with Gasteiger partial charge in [0.2, 0.25) is 0 Å². The zero-order valence-electron chi connectivity index (χ0n) is 5.55. The minimum atomic E-state index is 0.00921. The van der Waals surface area contributed by atoms with Crippen molar-refractivity contribution in [2.24, 2.45) is 0 Å². The highest BCUT2D eigenvalue weighted by Crippen LogP contribution is 2.01. The van der Waals surface area contributed by atoms with Crippen LogP contribution in [-0.4, -0.2) is 11.4 Å². The Morgan fingerprint density at radius 1 is 1.62 bits per heavy atom. The molecular formula is C6H14O2. The van der Waals surface area contributed by atoms with Crippen molar-refractivity contribution >= 4 is 0 Å². The molecule has 0 saturated carbocycles. The van der Waals surface area contributed by atoms with Crippen LogP contribution in [0, 0.1) is 0 Å². The monoisotopic (exact) mass is 118 g/mol. The molecule has 0 rings (SSSR count). The van der Waals surface area contributed by atoms with E-state index in [9.17, 15) is 0 Å². The second-order valence-corrected chi connectivity index (χ2v) is 2.06. The van der Waals surface area contributed by atoms with Crippen LogP contribution in [0.1, 0.15) is 33.1 Å². The molecule has 1 atom stereocenters. The number of hydrogen-bond donors (Lipinski definition) is 1. The molecule has 0 heterocycles. The number of hydrogen-bond acceptors (Lipinski definition) is 2. The van der Waals surface area contributed by atoms with E-state index in [1.807, 2.05) is 6.92 Å². The van der Waals surface area contributed by atoms with Gasteiger partial charge in [-0.2, -0.15) is 0 Å². The lowest BCUT2D eigenvalue weighted by molar-refractivity contribution is -0.275. The lowest BCUT2D eigenvalue weighted by Crippen LogP contribution is -2.03. The molecule has 0 spiro atoms. The Kier molecular flexibility index (Phi) is 5.01. The predicted molar refractivity (Wildman–Crippen MR) is 32.7 cm³/mol. The third-order valence-corrected chi connectivity index (χ3v) is 1.14. The maximum absolute atomic E-state index is 8.06. The Morgan fingerprint density at radius 3 is 2.62 bits per heavy atom. The molecule has 0 radical (unpaired) electrons. The third kappa shape index (κ3) is 4.09. The van der Waals surface area contributed by atoms with Crippen LogP contribution in [0.25, 0.3) is 0 Å². The molecule has 0 bridgehead atoms. The average molecular weight is 118 g/mol. The van der Waals surface area contributed by atoms with Gasteiger partial charge in [0.25, 0.3) is 0 Å². The van der Waals surface area contributed by atoms with Crippen LogP contribution in [0.5, 0.6) is 0 Å². The second kappa shape index (κ2) is 5.06. The zero-order chi connectivity index (χ0) is 6.41. The van der Waals surface area contributed by atoms with E-state index in [0.717, 1.165) is 19.3 Å². The van der Waals surface area contributed by atoms with Crippen LogP contribution in [0.4, 0.5) is 0 Å². The first-order chi connectivity index (χ1) is 3.81. The molecule has 1 unspecified atom stereocenters. The molecule has 0 aromatic heterocycles. The van der Waals surface area contributed by atoms with E-state index in [2.05, 4.69) is 11.8 Å². The van der Waals surface area contributed by atoms with E-state index in [4.69, 9.17) is 5.26 Å². The molecule has 0 aliphatic carbocycles. The summed E-state index contributed by atoms with van der Waals surface area (Å²) in [5.74, 6) is 0. The average Bonchev–Trinajstić information content (AvgIpc) is 1.83. The molecule has 50 valence electrons. The summed E-state index contributed by atoms with van der Waals surface area (Å²) in [4.78, 5) is 4.05. The molecule has 8 heavy (non-hydrogen) atoms. The van der Waals surface area contributed by atoms with Crippen molar-refractivity contribution in [3.8, 4) is 0 Å². The molecule has 2 heteroatoms. The van der Waals surface area contributed by atoms with Crippen LogP contribution in [0.2, 0.25) is 0 Å². The van der Waals surface area contributed by atoms with Gasteiger partial charge < -0.3 is 0 Å². The minimum absolute atomic E-state index is 0.00921. The molecule has 2 nitrogen and oxygen atoms in total. The van der Waals surface area contributed by atoms with Crippen LogP contribution < -0.4 is 0 Å². The van der Waals surface area contributed by atoms with Crippen molar-refractivity contribution in [1.29, 1.82) is 0 Å². The van der Waals surface area contributed by atoms with Crippen molar-refractivity contribution < 1.29 is 10.1 Å². The molecule has 0 aliphatic heterocycles. The van der Waals surface area contributed by atoms with E-state index >= 15 is 0 Å². The van der Waals surface area contributed by atoms with Crippen LogP contribution in [0.3, 0.4) is 0 Å². The topological polar surface area (TPSA) is 29.5 Å². The Morgan fingerprint density at radius 2 is 2.25 bits per heavy atom. The van der Waals surface area contributed by atoms with Gasteiger partial charge in [-0.1, -0.05) is 19.8 Å². The van der Waals surface area contributed by atoms with Gasteiger partial charge >= 0.3 is 0 Å². The summed E-state index contributed by atoms with van der Waals surface area (Å²) in [6, 6.07) is 0. The highest BCUT2D eigenvalue weighted by Gasteiger charge is 1.97. The molecule has 0 saturated heterocycles. The van der Waals surface area contributed by atoms with E-state index < -0.39 is 0 Å². The fourth-order valence-corrected chi connectivity index (χ4v) is 0.544. The van der Waals surface area contributed by atoms with Crippen molar-refractivity contribution in [3.63, 3.8) is 0 Å². The molecule has 0 fully saturated rings. The van der Waals surface area contributed by atoms with E-state index in [1.165, 1.54) is 0 Å². The normalized spacial score (nSPS) is 13.9. The van der Waals surface area contributed by atoms with Crippen LogP contribution in [-0.2, 0) is 4.89 Å². The van der Waals surface area contributed by atoms with Crippen LogP contribution in [0.15, 0.2) is 0 Å². The summed E-state index contributed by atoms with van der Waals surface area (Å²) in [5.41, 5.74) is 0. The predicted octanol–water partition coefficient (Wildman–Crippen LogP) is 2.05. The molecule has 0 aromatic carbocycles. The Bertz CT molecular complexity index is 45.8. The van der Waals surface area contributed by atoms with Gasteiger partial charge in [-0.15, -0.1) is 0 Å². The van der Waals surface area contributed by atoms with Gasteiger partial charge in [-0.3, -0.25) is 5.26 Å². The van der Waals surface area contributed by atoms with Gasteiger partial charge in [0.05, 0.1) is 6.10 Å². The van der Waals surface area contributed by atoms with Gasteiger partial charge in [0.15, 0.2) is 0 Å². The van der Waals surface area contributed by atoms with Crippen molar-refractivity contribution in [1.82, 2.24) is 0 Å². The maximum Gasteiger partial charge on any atom is 0.0899 e. The third-order valence-electron chi connectivity index (χ3n) is 1.14. The fraction of sp³-hybridized carbons (Fsp3) is 1.00. The summed E-state index contributed by atoms with van der Waals surface area (Å²) < 4.78 is 0. The van der Waals surface area contributed by atoms with Crippen molar-refractivity contribution in [2.45, 2.75) is 39.2 Å². The summed E-state index contributed by atoms with van der Waals surface area (Å²) in [5, 5.41) is 8.06. The highest BCUT2D eigenvalue weighted by molar-refractivity contribution is 4.45. The van der Waals surface area contributed by atoms with Crippen molar-refractivity contribution in [3.05, 3.63) is 0 Å². The molecular weight excluding hydrogens is 104 g/mol. The van der Waals surface area contributed by atoms with Crippen molar-refractivity contribution in [2.75, 3.05) is 0 Å². The van der Waals surface area contributed by atoms with Gasteiger partial charge in [0.1, 0.15) is 0 Å². The van der Waals surface area contributed by atoms with Gasteiger partial charge in [-0.05, 0) is 13.3 Å². The van der Waals surface area contributed by atoms with Gasteiger partial charge in [0, 0.05) is 0 Å². The van der Waals surface area contributed by atoms with Crippen LogP contribution >= 0.6 is 0 Å². The van der Waals surface area contributed by atoms with Gasteiger partial charge in [-0.25, -0.2) is 4.89 Å². The molecule has 0 aliphatic rings. The maximum atomic E-state index is 8.06. The first-order valence-electron chi connectivity index (χ1n) is 3.11.